The van der Waals surface area contributed by atoms with Crippen molar-refractivity contribution in [3.8, 4) is 0 Å². The molecule has 0 radical (unpaired) electrons. The minimum absolute atomic E-state index is 0.00859. The number of rotatable bonds is 4. The molecule has 0 heterocycles. The largest absolute Gasteiger partial charge is 0.481 e. The van der Waals surface area contributed by atoms with Crippen LogP contribution >= 0.6 is 0 Å². The molecule has 6 heteroatoms. The van der Waals surface area contributed by atoms with E-state index in [0.29, 0.717) is 18.8 Å². The van der Waals surface area contributed by atoms with Crippen LogP contribution in [-0.4, -0.2) is 46.1 Å². The lowest BCUT2D eigenvalue weighted by Crippen LogP contribution is -2.60. The first-order valence-electron chi connectivity index (χ1n) is 10.8. The third kappa shape index (κ3) is 2.59. The maximum Gasteiger partial charge on any atom is 0.313 e. The molecule has 4 saturated carbocycles. The van der Waals surface area contributed by atoms with Crippen molar-refractivity contribution in [1.29, 1.82) is 0 Å². The Morgan fingerprint density at radius 3 is 2.50 bits per heavy atom. The number of ether oxygens (including phenoxy) is 1. The van der Waals surface area contributed by atoms with Gasteiger partial charge in [-0.05, 0) is 80.0 Å². The number of hydrogen-bond donors (Lipinski definition) is 3. The first-order chi connectivity index (χ1) is 13.1. The van der Waals surface area contributed by atoms with Gasteiger partial charge in [0.15, 0.2) is 0 Å². The van der Waals surface area contributed by atoms with Crippen molar-refractivity contribution in [3.63, 3.8) is 0 Å². The summed E-state index contributed by atoms with van der Waals surface area (Å²) in [5, 5.41) is 31.1. The Morgan fingerprint density at radius 2 is 1.86 bits per heavy atom. The Balaban J connectivity index is 1.70. The minimum Gasteiger partial charge on any atom is -0.481 e. The van der Waals surface area contributed by atoms with E-state index in [4.69, 9.17) is 4.74 Å². The summed E-state index contributed by atoms with van der Waals surface area (Å²) < 4.78 is 5.29. The molecular formula is C22H34O6. The molecule has 0 aromatic heterocycles. The standard InChI is InChI=1S/C22H34O6/c1-14(24)28-13-21(18(25)26)8-3-7-19(2)16-5-4-15-10-20(16,9-6-17(19)21)11-22(15,27)12-23/h15-17,23,27H,3-13H2,1-2H3,(H,25,26)/t15-,16+,17+,19+,20+,21+,22+/m1/s1. The fraction of sp³-hybridized carbons (Fsp3) is 0.909. The van der Waals surface area contributed by atoms with Crippen molar-refractivity contribution >= 4 is 11.9 Å². The molecule has 4 fully saturated rings. The highest BCUT2D eigenvalue weighted by Gasteiger charge is 2.69. The molecule has 0 saturated heterocycles. The SMILES string of the molecule is CC(=O)OC[C@@]1(C(=O)O)CCC[C@@]2(C)[C@@H]3CC[C@@H]4C[C@@]3(CC[C@H]12)C[C@]4(O)CO. The van der Waals surface area contributed by atoms with E-state index in [1.54, 1.807) is 0 Å². The number of carbonyl (C=O) groups excluding carboxylic acids is 1. The highest BCUT2D eigenvalue weighted by molar-refractivity contribution is 5.76. The fourth-order valence-electron chi connectivity index (χ4n) is 8.34. The summed E-state index contributed by atoms with van der Waals surface area (Å²) >= 11 is 0. The Bertz CT molecular complexity index is 678. The summed E-state index contributed by atoms with van der Waals surface area (Å²) in [7, 11) is 0. The third-order valence-corrected chi connectivity index (χ3v) is 9.38. The molecule has 0 aromatic carbocycles. The third-order valence-electron chi connectivity index (χ3n) is 9.38. The Kier molecular flexibility index (Phi) is 4.63. The molecule has 4 rings (SSSR count). The van der Waals surface area contributed by atoms with Gasteiger partial charge < -0.3 is 20.1 Å². The zero-order valence-electron chi connectivity index (χ0n) is 17.1. The van der Waals surface area contributed by atoms with Gasteiger partial charge in [-0.25, -0.2) is 0 Å². The van der Waals surface area contributed by atoms with Crippen LogP contribution < -0.4 is 0 Å². The van der Waals surface area contributed by atoms with Crippen molar-refractivity contribution in [3.05, 3.63) is 0 Å². The van der Waals surface area contributed by atoms with Gasteiger partial charge in [0.2, 0.25) is 0 Å². The number of aliphatic hydroxyl groups excluding tert-OH is 1. The van der Waals surface area contributed by atoms with E-state index < -0.39 is 23.0 Å². The number of hydrogen-bond acceptors (Lipinski definition) is 5. The summed E-state index contributed by atoms with van der Waals surface area (Å²) in [6, 6.07) is 0. The molecule has 6 nitrogen and oxygen atoms in total. The lowest BCUT2D eigenvalue weighted by atomic mass is 9.40. The molecule has 28 heavy (non-hydrogen) atoms. The van der Waals surface area contributed by atoms with Crippen LogP contribution in [0.15, 0.2) is 0 Å². The number of fused-ring (bicyclic) bond motifs is 3. The lowest BCUT2D eigenvalue weighted by Gasteiger charge is -2.63. The second-order valence-corrected chi connectivity index (χ2v) is 10.5. The molecule has 0 amide bonds. The van der Waals surface area contributed by atoms with Crippen molar-refractivity contribution in [2.45, 2.75) is 77.2 Å². The van der Waals surface area contributed by atoms with Gasteiger partial charge in [-0.2, -0.15) is 0 Å². The summed E-state index contributed by atoms with van der Waals surface area (Å²) in [6.07, 6.45) is 7.51. The second kappa shape index (κ2) is 6.43. The minimum atomic E-state index is -1.01. The average Bonchev–Trinajstić information content (AvgIpc) is 2.85. The summed E-state index contributed by atoms with van der Waals surface area (Å²) in [4.78, 5) is 23.9. The van der Waals surface area contributed by atoms with Gasteiger partial charge in [-0.1, -0.05) is 13.3 Å². The topological polar surface area (TPSA) is 104 Å². The summed E-state index contributed by atoms with van der Waals surface area (Å²) in [5.74, 6) is -0.785. The number of carboxylic acids is 1. The fourth-order valence-corrected chi connectivity index (χ4v) is 8.34. The van der Waals surface area contributed by atoms with Crippen LogP contribution in [0.3, 0.4) is 0 Å². The predicted molar refractivity (Wildman–Crippen MR) is 101 cm³/mol. The van der Waals surface area contributed by atoms with Crippen LogP contribution in [0, 0.1) is 34.0 Å². The van der Waals surface area contributed by atoms with Gasteiger partial charge in [-0.15, -0.1) is 0 Å². The van der Waals surface area contributed by atoms with Gasteiger partial charge >= 0.3 is 11.9 Å². The number of esters is 1. The zero-order chi connectivity index (χ0) is 20.4. The van der Waals surface area contributed by atoms with E-state index in [1.807, 2.05) is 0 Å². The van der Waals surface area contributed by atoms with E-state index in [-0.39, 0.29) is 35.9 Å². The first kappa shape index (κ1) is 20.1. The van der Waals surface area contributed by atoms with E-state index in [2.05, 4.69) is 6.92 Å². The van der Waals surface area contributed by atoms with Gasteiger partial charge in [0.1, 0.15) is 12.0 Å². The van der Waals surface area contributed by atoms with Crippen molar-refractivity contribution < 1.29 is 29.6 Å². The van der Waals surface area contributed by atoms with E-state index >= 15 is 0 Å². The molecule has 2 bridgehead atoms. The Labute approximate surface area is 166 Å². The zero-order valence-corrected chi connectivity index (χ0v) is 17.1. The van der Waals surface area contributed by atoms with Crippen LogP contribution in [0.5, 0.6) is 0 Å². The maximum absolute atomic E-state index is 12.5. The number of aliphatic hydroxyl groups is 2. The molecule has 1 spiro atoms. The van der Waals surface area contributed by atoms with Crippen molar-refractivity contribution in [1.82, 2.24) is 0 Å². The van der Waals surface area contributed by atoms with Crippen LogP contribution in [0.1, 0.15) is 71.6 Å². The molecule has 7 atom stereocenters. The van der Waals surface area contributed by atoms with Gasteiger partial charge in [0.25, 0.3) is 0 Å². The molecular weight excluding hydrogens is 360 g/mol. The normalized spacial score (nSPS) is 49.8. The van der Waals surface area contributed by atoms with E-state index in [1.165, 1.54) is 6.92 Å². The number of carboxylic acid groups (broad SMARTS) is 1. The molecule has 0 unspecified atom stereocenters. The van der Waals surface area contributed by atoms with Crippen molar-refractivity contribution in [2.24, 2.45) is 34.0 Å². The van der Waals surface area contributed by atoms with Crippen LogP contribution in [-0.2, 0) is 14.3 Å². The number of carbonyl (C=O) groups is 2. The average molecular weight is 395 g/mol. The Hall–Kier alpha value is -1.14. The second-order valence-electron chi connectivity index (χ2n) is 10.5. The highest BCUT2D eigenvalue weighted by Crippen LogP contribution is 2.72. The lowest BCUT2D eigenvalue weighted by molar-refractivity contribution is -0.196. The monoisotopic (exact) mass is 394 g/mol. The predicted octanol–water partition coefficient (Wildman–Crippen LogP) is 2.75. The molecule has 3 N–H and O–H groups in total. The number of aliphatic carboxylic acids is 1. The maximum atomic E-state index is 12.5. The Morgan fingerprint density at radius 1 is 1.11 bits per heavy atom. The summed E-state index contributed by atoms with van der Waals surface area (Å²) in [5.41, 5.74) is -2.12. The molecule has 0 aromatic rings. The van der Waals surface area contributed by atoms with Gasteiger partial charge in [0, 0.05) is 6.92 Å². The summed E-state index contributed by atoms with van der Waals surface area (Å²) in [6.45, 7) is 3.37. The molecule has 4 aliphatic carbocycles. The molecule has 158 valence electrons. The van der Waals surface area contributed by atoms with Crippen LogP contribution in [0.2, 0.25) is 0 Å². The van der Waals surface area contributed by atoms with Crippen molar-refractivity contribution in [2.75, 3.05) is 13.2 Å². The van der Waals surface area contributed by atoms with Crippen LogP contribution in [0.4, 0.5) is 0 Å². The van der Waals surface area contributed by atoms with E-state index in [9.17, 15) is 24.9 Å². The first-order valence-corrected chi connectivity index (χ1v) is 10.8. The van der Waals surface area contributed by atoms with Gasteiger partial charge in [0.05, 0.1) is 12.2 Å². The van der Waals surface area contributed by atoms with E-state index in [0.717, 1.165) is 44.9 Å². The highest BCUT2D eigenvalue weighted by atomic mass is 16.5. The van der Waals surface area contributed by atoms with Gasteiger partial charge in [-0.3, -0.25) is 9.59 Å². The molecule has 4 aliphatic rings. The molecule has 0 aliphatic heterocycles. The van der Waals surface area contributed by atoms with Crippen LogP contribution in [0.25, 0.3) is 0 Å². The quantitative estimate of drug-likeness (QED) is 0.634. The smallest absolute Gasteiger partial charge is 0.313 e.